The first-order chi connectivity index (χ1) is 13.2. The second-order valence-corrected chi connectivity index (χ2v) is 7.45. The summed E-state index contributed by atoms with van der Waals surface area (Å²) < 4.78 is 11.2. The fourth-order valence-electron chi connectivity index (χ4n) is 3.92. The van der Waals surface area contributed by atoms with Crippen molar-refractivity contribution in [2.24, 2.45) is 5.92 Å². The number of carbonyl (C=O) groups excluding carboxylic acids is 1. The zero-order valence-corrected chi connectivity index (χ0v) is 15.8. The maximum Gasteiger partial charge on any atom is 0.255 e. The predicted molar refractivity (Wildman–Crippen MR) is 103 cm³/mol. The zero-order valence-electron chi connectivity index (χ0n) is 15.8. The van der Waals surface area contributed by atoms with E-state index in [0.717, 1.165) is 56.0 Å². The van der Waals surface area contributed by atoms with Gasteiger partial charge in [-0.1, -0.05) is 6.07 Å². The largest absolute Gasteiger partial charge is 0.497 e. The molecule has 0 N–H and O–H groups in total. The van der Waals surface area contributed by atoms with Crippen molar-refractivity contribution in [1.29, 1.82) is 0 Å². The summed E-state index contributed by atoms with van der Waals surface area (Å²) >= 11 is 0. The summed E-state index contributed by atoms with van der Waals surface area (Å²) in [5.74, 6) is 2.24. The van der Waals surface area contributed by atoms with Crippen LogP contribution in [0.3, 0.4) is 0 Å². The number of rotatable bonds is 4. The van der Waals surface area contributed by atoms with Gasteiger partial charge >= 0.3 is 0 Å². The van der Waals surface area contributed by atoms with E-state index in [1.165, 1.54) is 12.0 Å². The van der Waals surface area contributed by atoms with Gasteiger partial charge in [0.05, 0.1) is 19.3 Å². The van der Waals surface area contributed by atoms with Crippen LogP contribution in [0.5, 0.6) is 11.5 Å². The minimum absolute atomic E-state index is 0.109. The summed E-state index contributed by atoms with van der Waals surface area (Å²) in [7, 11) is 1.67. The van der Waals surface area contributed by atoms with Crippen molar-refractivity contribution >= 4 is 5.91 Å². The lowest BCUT2D eigenvalue weighted by molar-refractivity contribution is 0.0724. The van der Waals surface area contributed by atoms with Gasteiger partial charge in [0.2, 0.25) is 0 Å². The first kappa shape index (κ1) is 17.8. The molecule has 0 saturated carbocycles. The van der Waals surface area contributed by atoms with Crippen LogP contribution in [-0.2, 0) is 12.8 Å². The van der Waals surface area contributed by atoms with E-state index in [1.807, 2.05) is 29.2 Å². The normalized spacial score (nSPS) is 19.1. The molecule has 2 aliphatic heterocycles. The van der Waals surface area contributed by atoms with Crippen molar-refractivity contribution in [3.8, 4) is 11.5 Å². The van der Waals surface area contributed by atoms with Gasteiger partial charge in [0.25, 0.3) is 5.91 Å². The van der Waals surface area contributed by atoms with Gasteiger partial charge in [0.1, 0.15) is 11.5 Å². The fourth-order valence-corrected chi connectivity index (χ4v) is 3.92. The third kappa shape index (κ3) is 4.07. The monoisotopic (exact) mass is 366 g/mol. The molecule has 4 rings (SSSR count). The number of piperidine rings is 1. The van der Waals surface area contributed by atoms with Crippen LogP contribution in [0.1, 0.15) is 40.9 Å². The quantitative estimate of drug-likeness (QED) is 0.831. The minimum Gasteiger partial charge on any atom is -0.497 e. The van der Waals surface area contributed by atoms with Crippen LogP contribution in [0.2, 0.25) is 0 Å². The lowest BCUT2D eigenvalue weighted by Gasteiger charge is -2.27. The molecule has 5 heteroatoms. The Balaban J connectivity index is 1.38. The number of methoxy groups -OCH3 is 1. The molecule has 1 saturated heterocycles. The molecule has 0 aliphatic carbocycles. The zero-order chi connectivity index (χ0) is 18.6. The summed E-state index contributed by atoms with van der Waals surface area (Å²) in [4.78, 5) is 19.0. The summed E-state index contributed by atoms with van der Waals surface area (Å²) in [6.07, 6.45) is 6.98. The van der Waals surface area contributed by atoms with Crippen LogP contribution < -0.4 is 9.47 Å². The van der Waals surface area contributed by atoms with Crippen LogP contribution >= 0.6 is 0 Å². The van der Waals surface area contributed by atoms with E-state index < -0.39 is 0 Å². The highest BCUT2D eigenvalue weighted by Gasteiger charge is 2.22. The van der Waals surface area contributed by atoms with Gasteiger partial charge in [-0.15, -0.1) is 0 Å². The Hall–Kier alpha value is -2.56. The topological polar surface area (TPSA) is 51.7 Å². The molecule has 0 spiro atoms. The molecule has 1 fully saturated rings. The molecule has 27 heavy (non-hydrogen) atoms. The van der Waals surface area contributed by atoms with Crippen LogP contribution in [0.25, 0.3) is 0 Å². The van der Waals surface area contributed by atoms with Crippen molar-refractivity contribution in [1.82, 2.24) is 9.88 Å². The Bertz CT molecular complexity index is 798. The predicted octanol–water partition coefficient (Wildman–Crippen LogP) is 3.51. The first-order valence-electron chi connectivity index (χ1n) is 9.77. The molecule has 1 aromatic carbocycles. The number of nitrogens with zero attached hydrogens (tertiary/aromatic N) is 2. The number of hydrogen-bond donors (Lipinski definition) is 0. The molecular formula is C22H26N2O3. The van der Waals surface area contributed by atoms with E-state index >= 15 is 0 Å². The SMILES string of the molecule is COc1ccc2c(c1)OC[C@H](Cc1ccc(C(=O)N3CCCCC3)cn1)C2. The molecule has 0 radical (unpaired) electrons. The van der Waals surface area contributed by atoms with Crippen molar-refractivity contribution in [3.05, 3.63) is 53.3 Å². The lowest BCUT2D eigenvalue weighted by Crippen LogP contribution is -2.35. The lowest BCUT2D eigenvalue weighted by atomic mass is 9.92. The van der Waals surface area contributed by atoms with Crippen molar-refractivity contribution in [2.45, 2.75) is 32.1 Å². The first-order valence-corrected chi connectivity index (χ1v) is 9.77. The van der Waals surface area contributed by atoms with E-state index in [9.17, 15) is 4.79 Å². The van der Waals surface area contributed by atoms with E-state index in [2.05, 4.69) is 11.1 Å². The molecule has 0 unspecified atom stereocenters. The summed E-state index contributed by atoms with van der Waals surface area (Å²) in [6.45, 7) is 2.41. The molecular weight excluding hydrogens is 340 g/mol. The van der Waals surface area contributed by atoms with Gasteiger partial charge in [0, 0.05) is 37.0 Å². The van der Waals surface area contributed by atoms with E-state index in [0.29, 0.717) is 18.1 Å². The second-order valence-electron chi connectivity index (χ2n) is 7.45. The smallest absolute Gasteiger partial charge is 0.255 e. The number of amides is 1. The molecule has 1 aromatic heterocycles. The number of likely N-dealkylation sites (tertiary alicyclic amines) is 1. The maximum atomic E-state index is 12.5. The van der Waals surface area contributed by atoms with Crippen molar-refractivity contribution < 1.29 is 14.3 Å². The molecule has 3 heterocycles. The summed E-state index contributed by atoms with van der Waals surface area (Å²) in [5.41, 5.74) is 2.91. The van der Waals surface area contributed by atoms with E-state index in [1.54, 1.807) is 13.3 Å². The summed E-state index contributed by atoms with van der Waals surface area (Å²) in [5, 5.41) is 0. The third-order valence-corrected chi connectivity index (χ3v) is 5.47. The number of benzene rings is 1. The molecule has 2 aliphatic rings. The Morgan fingerprint density at radius 2 is 2.07 bits per heavy atom. The van der Waals surface area contributed by atoms with E-state index in [4.69, 9.17) is 9.47 Å². The Labute approximate surface area is 160 Å². The van der Waals surface area contributed by atoms with Crippen LogP contribution in [0.15, 0.2) is 36.5 Å². The van der Waals surface area contributed by atoms with E-state index in [-0.39, 0.29) is 5.91 Å². The standard InChI is InChI=1S/C22H26N2O3/c1-26-20-8-6-17-11-16(15-27-21(17)13-20)12-19-7-5-18(14-23-19)22(25)24-9-3-2-4-10-24/h5-8,13-14,16H,2-4,9-12,15H2,1H3/t16-/m0/s1. The second kappa shape index (κ2) is 7.99. The average Bonchev–Trinajstić information content (AvgIpc) is 2.74. The minimum atomic E-state index is 0.109. The van der Waals surface area contributed by atoms with Gasteiger partial charge in [-0.05, 0) is 55.9 Å². The van der Waals surface area contributed by atoms with Crippen molar-refractivity contribution in [3.63, 3.8) is 0 Å². The highest BCUT2D eigenvalue weighted by atomic mass is 16.5. The number of pyridine rings is 1. The molecule has 2 aromatic rings. The molecule has 5 nitrogen and oxygen atoms in total. The number of fused-ring (bicyclic) bond motifs is 1. The number of hydrogen-bond acceptors (Lipinski definition) is 4. The third-order valence-electron chi connectivity index (χ3n) is 5.47. The van der Waals surface area contributed by atoms with Gasteiger partial charge in [-0.3, -0.25) is 9.78 Å². The highest BCUT2D eigenvalue weighted by Crippen LogP contribution is 2.32. The van der Waals surface area contributed by atoms with Crippen LogP contribution in [0, 0.1) is 5.92 Å². The Morgan fingerprint density at radius 3 is 2.81 bits per heavy atom. The molecule has 1 amide bonds. The number of ether oxygens (including phenoxy) is 2. The summed E-state index contributed by atoms with van der Waals surface area (Å²) in [6, 6.07) is 9.91. The molecule has 1 atom stereocenters. The Kier molecular flexibility index (Phi) is 5.28. The highest BCUT2D eigenvalue weighted by molar-refractivity contribution is 5.93. The van der Waals surface area contributed by atoms with Gasteiger partial charge < -0.3 is 14.4 Å². The van der Waals surface area contributed by atoms with Gasteiger partial charge in [-0.2, -0.15) is 0 Å². The fraction of sp³-hybridized carbons (Fsp3) is 0.455. The van der Waals surface area contributed by atoms with Crippen molar-refractivity contribution in [2.75, 3.05) is 26.8 Å². The number of aromatic nitrogens is 1. The van der Waals surface area contributed by atoms with Crippen LogP contribution in [-0.4, -0.2) is 42.6 Å². The van der Waals surface area contributed by atoms with Crippen LogP contribution in [0.4, 0.5) is 0 Å². The van der Waals surface area contributed by atoms with Gasteiger partial charge in [0.15, 0.2) is 0 Å². The molecule has 0 bridgehead atoms. The number of carbonyl (C=O) groups is 1. The van der Waals surface area contributed by atoms with Gasteiger partial charge in [-0.25, -0.2) is 0 Å². The maximum absolute atomic E-state index is 12.5. The average molecular weight is 366 g/mol. The molecule has 142 valence electrons. The Morgan fingerprint density at radius 1 is 1.22 bits per heavy atom.